The second-order valence-corrected chi connectivity index (χ2v) is 11.9. The summed E-state index contributed by atoms with van der Waals surface area (Å²) < 4.78 is 51.4. The minimum atomic E-state index is -4.01. The highest BCUT2D eigenvalue weighted by molar-refractivity contribution is 7.90. The van der Waals surface area contributed by atoms with Crippen molar-refractivity contribution in [3.8, 4) is 0 Å². The lowest BCUT2D eigenvalue weighted by molar-refractivity contribution is 0.105. The maximum Gasteiger partial charge on any atom is 0.240 e. The number of likely N-dealkylation sites (tertiary alicyclic amines) is 1. The Morgan fingerprint density at radius 2 is 1.30 bits per heavy atom. The molecular weight excluding hydrogens is 505 g/mol. The SMILES string of the molecule is NS(=O)(=O)c1cccc(S(=O)(=O)NC2CN(C(c3ccc(Cl)cc3)c3ccc(Cl)cc3)C2)c1. The Kier molecular flexibility index (Phi) is 6.84. The van der Waals surface area contributed by atoms with Crippen molar-refractivity contribution in [3.05, 3.63) is 94.0 Å². The molecule has 1 heterocycles. The van der Waals surface area contributed by atoms with Crippen LogP contribution in [0.4, 0.5) is 0 Å². The Hall–Kier alpha value is -1.98. The molecule has 3 aromatic rings. The summed E-state index contributed by atoms with van der Waals surface area (Å²) in [6, 6.07) is 19.6. The number of primary sulfonamides is 1. The molecule has 0 unspecified atom stereocenters. The lowest BCUT2D eigenvalue weighted by atomic mass is 9.93. The largest absolute Gasteiger partial charge is 0.289 e. The van der Waals surface area contributed by atoms with Crippen LogP contribution in [0.2, 0.25) is 10.0 Å². The maximum atomic E-state index is 12.8. The van der Waals surface area contributed by atoms with Gasteiger partial charge in [0.1, 0.15) is 0 Å². The van der Waals surface area contributed by atoms with Crippen LogP contribution in [0.3, 0.4) is 0 Å². The molecule has 3 N–H and O–H groups in total. The minimum absolute atomic E-state index is 0.106. The van der Waals surface area contributed by atoms with Gasteiger partial charge in [-0.1, -0.05) is 53.5 Å². The van der Waals surface area contributed by atoms with Crippen LogP contribution in [-0.4, -0.2) is 40.9 Å². The topological polar surface area (TPSA) is 110 Å². The molecule has 0 radical (unpaired) electrons. The Morgan fingerprint density at radius 1 is 0.818 bits per heavy atom. The smallest absolute Gasteiger partial charge is 0.240 e. The van der Waals surface area contributed by atoms with Crippen LogP contribution >= 0.6 is 23.2 Å². The van der Waals surface area contributed by atoms with E-state index in [9.17, 15) is 16.8 Å². The van der Waals surface area contributed by atoms with Gasteiger partial charge >= 0.3 is 0 Å². The summed E-state index contributed by atoms with van der Waals surface area (Å²) in [4.78, 5) is 1.73. The number of nitrogens with two attached hydrogens (primary N) is 1. The van der Waals surface area contributed by atoms with Crippen LogP contribution < -0.4 is 9.86 Å². The number of benzene rings is 3. The monoisotopic (exact) mass is 525 g/mol. The van der Waals surface area contributed by atoms with Gasteiger partial charge in [0, 0.05) is 29.2 Å². The van der Waals surface area contributed by atoms with Gasteiger partial charge in [0.15, 0.2) is 0 Å². The third-order valence-electron chi connectivity index (χ3n) is 5.41. The zero-order chi connectivity index (χ0) is 23.8. The normalized spacial score (nSPS) is 15.5. The van der Waals surface area contributed by atoms with Gasteiger partial charge in [-0.2, -0.15) is 0 Å². The van der Waals surface area contributed by atoms with Crippen LogP contribution in [-0.2, 0) is 20.0 Å². The summed E-state index contributed by atoms with van der Waals surface area (Å²) in [6.07, 6.45) is 0. The number of nitrogens with zero attached hydrogens (tertiary/aromatic N) is 1. The molecule has 0 atom stereocenters. The van der Waals surface area contributed by atoms with E-state index in [-0.39, 0.29) is 21.9 Å². The van der Waals surface area contributed by atoms with Crippen molar-refractivity contribution in [1.82, 2.24) is 9.62 Å². The predicted molar refractivity (Wildman–Crippen MR) is 128 cm³/mol. The number of hydrogen-bond acceptors (Lipinski definition) is 5. The first-order valence-corrected chi connectivity index (χ1v) is 13.7. The Morgan fingerprint density at radius 3 is 1.79 bits per heavy atom. The fourth-order valence-corrected chi connectivity index (χ4v) is 5.96. The van der Waals surface area contributed by atoms with Crippen molar-refractivity contribution < 1.29 is 16.8 Å². The van der Waals surface area contributed by atoms with E-state index < -0.39 is 20.0 Å². The van der Waals surface area contributed by atoms with Crippen molar-refractivity contribution in [2.75, 3.05) is 13.1 Å². The van der Waals surface area contributed by atoms with E-state index in [1.54, 1.807) is 0 Å². The molecule has 1 aliphatic heterocycles. The molecule has 1 aliphatic rings. The zero-order valence-electron chi connectivity index (χ0n) is 17.2. The average Bonchev–Trinajstić information content (AvgIpc) is 2.74. The summed E-state index contributed by atoms with van der Waals surface area (Å²) >= 11 is 12.1. The second kappa shape index (κ2) is 9.34. The van der Waals surface area contributed by atoms with Crippen molar-refractivity contribution in [2.24, 2.45) is 5.14 Å². The van der Waals surface area contributed by atoms with Crippen molar-refractivity contribution >= 4 is 43.2 Å². The molecule has 1 fully saturated rings. The molecule has 33 heavy (non-hydrogen) atoms. The zero-order valence-corrected chi connectivity index (χ0v) is 20.4. The summed E-state index contributed by atoms with van der Waals surface area (Å²) in [7, 11) is -7.94. The first-order chi connectivity index (χ1) is 15.5. The van der Waals surface area contributed by atoms with Crippen LogP contribution in [0.25, 0.3) is 0 Å². The van der Waals surface area contributed by atoms with E-state index in [1.165, 1.54) is 18.2 Å². The van der Waals surface area contributed by atoms with Gasteiger partial charge in [-0.15, -0.1) is 0 Å². The third kappa shape index (κ3) is 5.58. The van der Waals surface area contributed by atoms with Crippen LogP contribution in [0, 0.1) is 0 Å². The van der Waals surface area contributed by atoms with Gasteiger partial charge in [-0.3, -0.25) is 4.90 Å². The number of nitrogens with one attached hydrogen (secondary N) is 1. The Balaban J connectivity index is 1.52. The quantitative estimate of drug-likeness (QED) is 0.491. The van der Waals surface area contributed by atoms with E-state index in [2.05, 4.69) is 9.62 Å². The molecule has 4 rings (SSSR count). The van der Waals surface area contributed by atoms with E-state index >= 15 is 0 Å². The molecule has 0 spiro atoms. The molecule has 3 aromatic carbocycles. The molecule has 1 saturated heterocycles. The van der Waals surface area contributed by atoms with Crippen molar-refractivity contribution in [3.63, 3.8) is 0 Å². The van der Waals surface area contributed by atoms with Crippen molar-refractivity contribution in [2.45, 2.75) is 21.9 Å². The standard InChI is InChI=1S/C22H21Cl2N3O4S2/c23-17-8-4-15(5-9-17)22(16-6-10-18(24)11-7-16)27-13-19(14-27)26-33(30,31)21-3-1-2-20(12-21)32(25,28)29/h1-12,19,22,26H,13-14H2,(H2,25,28,29). The fraction of sp³-hybridized carbons (Fsp3) is 0.182. The fourth-order valence-electron chi connectivity index (χ4n) is 3.81. The van der Waals surface area contributed by atoms with Gasteiger partial charge in [-0.05, 0) is 53.6 Å². The molecule has 7 nitrogen and oxygen atoms in total. The first-order valence-electron chi connectivity index (χ1n) is 9.93. The highest BCUT2D eigenvalue weighted by atomic mass is 35.5. The molecule has 0 aromatic heterocycles. The van der Waals surface area contributed by atoms with Crippen molar-refractivity contribution in [1.29, 1.82) is 0 Å². The van der Waals surface area contributed by atoms with Crippen LogP contribution in [0.15, 0.2) is 82.6 Å². The maximum absolute atomic E-state index is 12.8. The summed E-state index contributed by atoms with van der Waals surface area (Å²) in [6.45, 7) is 0.925. The van der Waals surface area contributed by atoms with Gasteiger partial charge in [0.2, 0.25) is 20.0 Å². The lowest BCUT2D eigenvalue weighted by Crippen LogP contribution is -2.60. The molecular formula is C22H21Cl2N3O4S2. The molecule has 174 valence electrons. The second-order valence-electron chi connectivity index (χ2n) is 7.80. The van der Waals surface area contributed by atoms with Crippen LogP contribution in [0.1, 0.15) is 17.2 Å². The molecule has 0 bridgehead atoms. The summed E-state index contributed by atoms with van der Waals surface area (Å²) in [5, 5.41) is 6.38. The summed E-state index contributed by atoms with van der Waals surface area (Å²) in [5.41, 5.74) is 2.03. The van der Waals surface area contributed by atoms with Gasteiger partial charge in [0.25, 0.3) is 0 Å². The molecule has 0 aliphatic carbocycles. The van der Waals surface area contributed by atoms with E-state index in [4.69, 9.17) is 28.3 Å². The number of halogens is 2. The van der Waals surface area contributed by atoms with Gasteiger partial charge in [0.05, 0.1) is 15.8 Å². The summed E-state index contributed by atoms with van der Waals surface area (Å²) in [5.74, 6) is 0. The van der Waals surface area contributed by atoms with Gasteiger partial charge < -0.3 is 0 Å². The average molecular weight is 526 g/mol. The predicted octanol–water partition coefficient (Wildman–Crippen LogP) is 3.39. The first kappa shape index (κ1) is 24.2. The molecule has 0 saturated carbocycles. The molecule has 0 amide bonds. The highest BCUT2D eigenvalue weighted by Crippen LogP contribution is 2.34. The number of hydrogen-bond donors (Lipinski definition) is 2. The Labute approximate surface area is 203 Å². The Bertz CT molecular complexity index is 1310. The lowest BCUT2D eigenvalue weighted by Gasteiger charge is -2.44. The van der Waals surface area contributed by atoms with E-state index in [0.717, 1.165) is 17.2 Å². The van der Waals surface area contributed by atoms with E-state index in [1.807, 2.05) is 48.5 Å². The highest BCUT2D eigenvalue weighted by Gasteiger charge is 2.36. The van der Waals surface area contributed by atoms with Gasteiger partial charge in [-0.25, -0.2) is 26.7 Å². The minimum Gasteiger partial charge on any atom is -0.289 e. The van der Waals surface area contributed by atoms with E-state index in [0.29, 0.717) is 23.1 Å². The van der Waals surface area contributed by atoms with Crippen LogP contribution in [0.5, 0.6) is 0 Å². The number of sulfonamides is 2. The number of rotatable bonds is 7. The molecule has 11 heteroatoms. The third-order valence-corrected chi connectivity index (χ3v) is 8.35.